The van der Waals surface area contributed by atoms with E-state index in [9.17, 15) is 4.79 Å². The number of rotatable bonds is 5. The van der Waals surface area contributed by atoms with E-state index < -0.39 is 0 Å². The third kappa shape index (κ3) is 3.22. The molecule has 2 aliphatic rings. The molecule has 142 valence electrons. The number of amides is 1. The third-order valence-electron chi connectivity index (χ3n) is 4.53. The summed E-state index contributed by atoms with van der Waals surface area (Å²) in [7, 11) is 0. The summed E-state index contributed by atoms with van der Waals surface area (Å²) in [5, 5.41) is 2.77. The van der Waals surface area contributed by atoms with Gasteiger partial charge in [0, 0.05) is 23.7 Å². The SMILES string of the molecule is O=C(c1ccc2c(c1)OCO2)N(Cc1ccc2c(c1)OCO2)Cc1nccs1. The van der Waals surface area contributed by atoms with Crippen LogP contribution >= 0.6 is 11.3 Å². The molecule has 1 aromatic heterocycles. The first-order chi connectivity index (χ1) is 13.8. The lowest BCUT2D eigenvalue weighted by atomic mass is 10.1. The summed E-state index contributed by atoms with van der Waals surface area (Å²) >= 11 is 1.52. The van der Waals surface area contributed by atoms with Gasteiger partial charge in [0.15, 0.2) is 23.0 Å². The first kappa shape index (κ1) is 16.9. The molecule has 0 unspecified atom stereocenters. The fourth-order valence-electron chi connectivity index (χ4n) is 3.17. The molecule has 0 radical (unpaired) electrons. The summed E-state index contributed by atoms with van der Waals surface area (Å²) < 4.78 is 21.6. The molecule has 0 saturated heterocycles. The largest absolute Gasteiger partial charge is 0.454 e. The molecule has 2 aromatic carbocycles. The van der Waals surface area contributed by atoms with Crippen LogP contribution in [0.5, 0.6) is 23.0 Å². The summed E-state index contributed by atoms with van der Waals surface area (Å²) in [6.07, 6.45) is 1.74. The molecule has 0 saturated carbocycles. The molecule has 0 fully saturated rings. The van der Waals surface area contributed by atoms with Crippen LogP contribution in [0.3, 0.4) is 0 Å². The standard InChI is InChI=1S/C20H16N2O5S/c23-20(14-2-4-16-18(8-14)27-12-25-16)22(10-19-21-5-6-28-19)9-13-1-3-15-17(7-13)26-11-24-15/h1-8H,9-12H2. The molecular weight excluding hydrogens is 380 g/mol. The van der Waals surface area contributed by atoms with E-state index >= 15 is 0 Å². The van der Waals surface area contributed by atoms with E-state index in [0.717, 1.165) is 16.3 Å². The van der Waals surface area contributed by atoms with Crippen LogP contribution in [0.4, 0.5) is 0 Å². The summed E-state index contributed by atoms with van der Waals surface area (Å²) in [6, 6.07) is 10.9. The van der Waals surface area contributed by atoms with E-state index in [0.29, 0.717) is 35.9 Å². The van der Waals surface area contributed by atoms with Crippen LogP contribution in [0.25, 0.3) is 0 Å². The smallest absolute Gasteiger partial charge is 0.254 e. The van der Waals surface area contributed by atoms with Gasteiger partial charge < -0.3 is 23.8 Å². The van der Waals surface area contributed by atoms with Crippen molar-refractivity contribution in [3.05, 3.63) is 64.1 Å². The lowest BCUT2D eigenvalue weighted by Crippen LogP contribution is -2.30. The molecule has 0 N–H and O–H groups in total. The lowest BCUT2D eigenvalue weighted by Gasteiger charge is -2.22. The van der Waals surface area contributed by atoms with Crippen LogP contribution in [-0.4, -0.2) is 29.4 Å². The van der Waals surface area contributed by atoms with Gasteiger partial charge in [0.2, 0.25) is 13.6 Å². The Morgan fingerprint density at radius 1 is 0.929 bits per heavy atom. The number of nitrogens with zero attached hydrogens (tertiary/aromatic N) is 2. The van der Waals surface area contributed by atoms with Crippen LogP contribution < -0.4 is 18.9 Å². The first-order valence-corrected chi connectivity index (χ1v) is 9.60. The van der Waals surface area contributed by atoms with E-state index in [1.165, 1.54) is 11.3 Å². The van der Waals surface area contributed by atoms with Gasteiger partial charge in [0.25, 0.3) is 5.91 Å². The Bertz CT molecular complexity index is 1020. The van der Waals surface area contributed by atoms with Crippen molar-refractivity contribution in [2.45, 2.75) is 13.1 Å². The van der Waals surface area contributed by atoms with E-state index in [1.807, 2.05) is 23.6 Å². The third-order valence-corrected chi connectivity index (χ3v) is 5.29. The summed E-state index contributed by atoms with van der Waals surface area (Å²) in [5.41, 5.74) is 1.50. The van der Waals surface area contributed by atoms with E-state index in [-0.39, 0.29) is 19.5 Å². The average Bonchev–Trinajstić information content (AvgIpc) is 3.47. The number of benzene rings is 2. The molecule has 0 bridgehead atoms. The van der Waals surface area contributed by atoms with Gasteiger partial charge >= 0.3 is 0 Å². The van der Waals surface area contributed by atoms with Crippen molar-refractivity contribution in [2.24, 2.45) is 0 Å². The highest BCUT2D eigenvalue weighted by atomic mass is 32.1. The maximum absolute atomic E-state index is 13.3. The van der Waals surface area contributed by atoms with Gasteiger partial charge in [-0.25, -0.2) is 4.98 Å². The van der Waals surface area contributed by atoms with Gasteiger partial charge in [-0.05, 0) is 35.9 Å². The molecule has 3 aromatic rings. The molecular formula is C20H16N2O5S. The van der Waals surface area contributed by atoms with Gasteiger partial charge in [-0.15, -0.1) is 11.3 Å². The van der Waals surface area contributed by atoms with Gasteiger partial charge in [0.1, 0.15) is 5.01 Å². The minimum atomic E-state index is -0.105. The second kappa shape index (κ2) is 7.05. The van der Waals surface area contributed by atoms with Crippen molar-refractivity contribution < 1.29 is 23.7 Å². The zero-order valence-electron chi connectivity index (χ0n) is 14.8. The number of carbonyl (C=O) groups excluding carboxylic acids is 1. The molecule has 0 atom stereocenters. The van der Waals surface area contributed by atoms with E-state index in [2.05, 4.69) is 4.98 Å². The molecule has 1 amide bonds. The lowest BCUT2D eigenvalue weighted by molar-refractivity contribution is 0.0729. The number of hydrogen-bond donors (Lipinski definition) is 0. The van der Waals surface area contributed by atoms with Crippen molar-refractivity contribution in [1.82, 2.24) is 9.88 Å². The monoisotopic (exact) mass is 396 g/mol. The van der Waals surface area contributed by atoms with Crippen molar-refractivity contribution in [3.63, 3.8) is 0 Å². The predicted octanol–water partition coefficient (Wildman–Crippen LogP) is 3.44. The molecule has 7 nitrogen and oxygen atoms in total. The van der Waals surface area contributed by atoms with Crippen LogP contribution in [0.15, 0.2) is 48.0 Å². The molecule has 3 heterocycles. The minimum Gasteiger partial charge on any atom is -0.454 e. The van der Waals surface area contributed by atoms with Crippen molar-refractivity contribution in [1.29, 1.82) is 0 Å². The van der Waals surface area contributed by atoms with Gasteiger partial charge in [-0.1, -0.05) is 6.07 Å². The summed E-state index contributed by atoms with van der Waals surface area (Å²) in [6.45, 7) is 1.23. The van der Waals surface area contributed by atoms with Gasteiger partial charge in [-0.3, -0.25) is 4.79 Å². The quantitative estimate of drug-likeness (QED) is 0.658. The number of aromatic nitrogens is 1. The summed E-state index contributed by atoms with van der Waals surface area (Å²) in [5.74, 6) is 2.55. The molecule has 8 heteroatoms. The van der Waals surface area contributed by atoms with Crippen LogP contribution in [0.2, 0.25) is 0 Å². The average molecular weight is 396 g/mol. The number of thiazole rings is 1. The topological polar surface area (TPSA) is 70.1 Å². The van der Waals surface area contributed by atoms with Crippen molar-refractivity contribution >= 4 is 17.2 Å². The van der Waals surface area contributed by atoms with Crippen LogP contribution in [0.1, 0.15) is 20.9 Å². The number of carbonyl (C=O) groups is 1. The Hall–Kier alpha value is -3.26. The summed E-state index contributed by atoms with van der Waals surface area (Å²) in [4.78, 5) is 19.3. The second-order valence-electron chi connectivity index (χ2n) is 6.34. The van der Waals surface area contributed by atoms with E-state index in [4.69, 9.17) is 18.9 Å². The Morgan fingerprint density at radius 3 is 2.39 bits per heavy atom. The molecule has 28 heavy (non-hydrogen) atoms. The Morgan fingerprint density at radius 2 is 1.64 bits per heavy atom. The Labute approximate surface area is 165 Å². The molecule has 5 rings (SSSR count). The van der Waals surface area contributed by atoms with Crippen molar-refractivity contribution in [3.8, 4) is 23.0 Å². The van der Waals surface area contributed by atoms with Gasteiger partial charge in [0.05, 0.1) is 6.54 Å². The van der Waals surface area contributed by atoms with Gasteiger partial charge in [-0.2, -0.15) is 0 Å². The molecule has 2 aliphatic heterocycles. The van der Waals surface area contributed by atoms with Crippen LogP contribution in [-0.2, 0) is 13.1 Å². The second-order valence-corrected chi connectivity index (χ2v) is 7.32. The minimum absolute atomic E-state index is 0.105. The molecule has 0 spiro atoms. The number of hydrogen-bond acceptors (Lipinski definition) is 7. The normalized spacial score (nSPS) is 13.6. The Kier molecular flexibility index (Phi) is 4.25. The predicted molar refractivity (Wildman–Crippen MR) is 101 cm³/mol. The highest BCUT2D eigenvalue weighted by molar-refractivity contribution is 7.09. The zero-order valence-corrected chi connectivity index (χ0v) is 15.6. The molecule has 0 aliphatic carbocycles. The number of fused-ring (bicyclic) bond motifs is 2. The number of ether oxygens (including phenoxy) is 4. The van der Waals surface area contributed by atoms with Crippen LogP contribution in [0, 0.1) is 0 Å². The Balaban J connectivity index is 1.43. The highest BCUT2D eigenvalue weighted by Gasteiger charge is 2.22. The maximum Gasteiger partial charge on any atom is 0.254 e. The van der Waals surface area contributed by atoms with E-state index in [1.54, 1.807) is 29.3 Å². The highest BCUT2D eigenvalue weighted by Crippen LogP contribution is 2.34. The fraction of sp³-hybridized carbons (Fsp3) is 0.200. The first-order valence-electron chi connectivity index (χ1n) is 8.72. The fourth-order valence-corrected chi connectivity index (χ4v) is 3.80. The van der Waals surface area contributed by atoms with Crippen molar-refractivity contribution in [2.75, 3.05) is 13.6 Å². The zero-order chi connectivity index (χ0) is 18.9. The maximum atomic E-state index is 13.3.